The molecule has 1 N–H and O–H groups in total. The van der Waals surface area contributed by atoms with Gasteiger partial charge in [-0.25, -0.2) is 4.39 Å². The Hall–Kier alpha value is -1.18. The number of rotatable bonds is 5. The van der Waals surface area contributed by atoms with Crippen LogP contribution < -0.4 is 5.32 Å². The van der Waals surface area contributed by atoms with Crippen LogP contribution in [-0.2, 0) is 15.9 Å². The fourth-order valence-electron chi connectivity index (χ4n) is 3.52. The molecule has 2 heterocycles. The Morgan fingerprint density at radius 3 is 2.92 bits per heavy atom. The quantitative estimate of drug-likeness (QED) is 0.445. The highest BCUT2D eigenvalue weighted by Gasteiger charge is 2.32. The molecule has 0 amide bonds. The lowest BCUT2D eigenvalue weighted by Gasteiger charge is -2.37. The molecule has 2 aliphatic rings. The number of nitrogens with zero attached hydrogens (tertiary/aromatic N) is 2. The molecule has 0 radical (unpaired) electrons. The molecule has 1 aromatic rings. The third-order valence-corrected chi connectivity index (χ3v) is 5.40. The van der Waals surface area contributed by atoms with Crippen LogP contribution in [0.4, 0.5) is 4.39 Å². The van der Waals surface area contributed by atoms with Gasteiger partial charge in [0.2, 0.25) is 0 Å². The summed E-state index contributed by atoms with van der Waals surface area (Å²) >= 11 is 3.29. The molecule has 2 aliphatic heterocycles. The van der Waals surface area contributed by atoms with E-state index in [0.29, 0.717) is 13.0 Å². The maximum absolute atomic E-state index is 13.9. The number of benzene rings is 1. The van der Waals surface area contributed by atoms with E-state index in [-0.39, 0.29) is 18.0 Å². The largest absolute Gasteiger partial charge is 0.375 e. The summed E-state index contributed by atoms with van der Waals surface area (Å²) in [4.78, 5) is 6.63. The van der Waals surface area contributed by atoms with E-state index in [1.165, 1.54) is 6.07 Å². The Bertz CT molecular complexity index is 623. The number of aliphatic imine (C=N–C) groups is 1. The number of hydrogen-bond donors (Lipinski definition) is 1. The van der Waals surface area contributed by atoms with Gasteiger partial charge < -0.3 is 19.7 Å². The molecular formula is C19H27BrFN3O2. The van der Waals surface area contributed by atoms with Gasteiger partial charge in [-0.05, 0) is 43.4 Å². The lowest BCUT2D eigenvalue weighted by atomic mass is 10.1. The van der Waals surface area contributed by atoms with Crippen LogP contribution >= 0.6 is 15.9 Å². The van der Waals surface area contributed by atoms with E-state index in [4.69, 9.17) is 9.47 Å². The molecule has 0 spiro atoms. The van der Waals surface area contributed by atoms with Crippen LogP contribution in [-0.4, -0.2) is 63.0 Å². The van der Waals surface area contributed by atoms with Crippen LogP contribution in [0.15, 0.2) is 27.7 Å². The van der Waals surface area contributed by atoms with E-state index >= 15 is 0 Å². The van der Waals surface area contributed by atoms with Gasteiger partial charge in [0.15, 0.2) is 5.96 Å². The number of ether oxygens (including phenoxy) is 2. The van der Waals surface area contributed by atoms with Gasteiger partial charge in [0, 0.05) is 37.8 Å². The standard InChI is InChI=1S/C19H27BrFN3O2/c1-22-19(23-8-2-4-14-6-7-15(20)12-16(14)21)24-9-11-26-18(13-24)17-5-3-10-25-17/h6-7,12,17-18H,2-5,8-11,13H2,1H3,(H,22,23). The van der Waals surface area contributed by atoms with Crippen molar-refractivity contribution in [3.8, 4) is 0 Å². The number of guanidine groups is 1. The smallest absolute Gasteiger partial charge is 0.193 e. The average Bonchev–Trinajstić information content (AvgIpc) is 3.18. The molecule has 2 atom stereocenters. The normalized spacial score (nSPS) is 24.1. The Morgan fingerprint density at radius 1 is 1.35 bits per heavy atom. The lowest BCUT2D eigenvalue weighted by molar-refractivity contribution is -0.0816. The SMILES string of the molecule is CN=C(NCCCc1ccc(Br)cc1F)N1CCOC(C2CCCO2)C1. The molecule has 3 rings (SSSR count). The molecule has 1 aromatic carbocycles. The third kappa shape index (κ3) is 5.18. The first-order valence-electron chi connectivity index (χ1n) is 9.30. The van der Waals surface area contributed by atoms with Crippen molar-refractivity contribution in [2.45, 2.75) is 37.9 Å². The first kappa shape index (κ1) is 19.6. The second-order valence-electron chi connectivity index (χ2n) is 6.72. The minimum atomic E-state index is -0.156. The fourth-order valence-corrected chi connectivity index (χ4v) is 3.86. The second-order valence-corrected chi connectivity index (χ2v) is 7.64. The predicted octanol–water partition coefficient (Wildman–Crippen LogP) is 2.98. The van der Waals surface area contributed by atoms with E-state index in [9.17, 15) is 4.39 Å². The molecule has 26 heavy (non-hydrogen) atoms. The second kappa shape index (κ2) is 9.67. The molecule has 2 unspecified atom stereocenters. The van der Waals surface area contributed by atoms with Crippen LogP contribution in [0, 0.1) is 5.82 Å². The van der Waals surface area contributed by atoms with Crippen LogP contribution in [0.2, 0.25) is 0 Å². The summed E-state index contributed by atoms with van der Waals surface area (Å²) in [6.07, 6.45) is 4.05. The van der Waals surface area contributed by atoms with Gasteiger partial charge in [0.1, 0.15) is 11.9 Å². The maximum Gasteiger partial charge on any atom is 0.193 e. The first-order chi connectivity index (χ1) is 12.7. The zero-order valence-electron chi connectivity index (χ0n) is 15.2. The summed E-state index contributed by atoms with van der Waals surface area (Å²) < 4.78 is 26.3. The molecule has 0 aliphatic carbocycles. The van der Waals surface area contributed by atoms with Gasteiger partial charge in [0.05, 0.1) is 12.7 Å². The van der Waals surface area contributed by atoms with Crippen molar-refractivity contribution < 1.29 is 13.9 Å². The summed E-state index contributed by atoms with van der Waals surface area (Å²) in [5.74, 6) is 0.726. The zero-order chi connectivity index (χ0) is 18.4. The Balaban J connectivity index is 1.45. The summed E-state index contributed by atoms with van der Waals surface area (Å²) in [6.45, 7) is 3.90. The Labute approximate surface area is 163 Å². The molecule has 7 heteroatoms. The van der Waals surface area contributed by atoms with Crippen molar-refractivity contribution in [2.75, 3.05) is 39.9 Å². The van der Waals surface area contributed by atoms with Crippen LogP contribution in [0.5, 0.6) is 0 Å². The molecular weight excluding hydrogens is 401 g/mol. The zero-order valence-corrected chi connectivity index (χ0v) is 16.8. The number of nitrogens with one attached hydrogen (secondary N) is 1. The minimum absolute atomic E-state index is 0.113. The van der Waals surface area contributed by atoms with Crippen molar-refractivity contribution in [2.24, 2.45) is 4.99 Å². The van der Waals surface area contributed by atoms with Gasteiger partial charge in [0.25, 0.3) is 0 Å². The van der Waals surface area contributed by atoms with Crippen molar-refractivity contribution in [3.63, 3.8) is 0 Å². The lowest BCUT2D eigenvalue weighted by Crippen LogP contribution is -2.53. The van der Waals surface area contributed by atoms with Crippen LogP contribution in [0.3, 0.4) is 0 Å². The van der Waals surface area contributed by atoms with Gasteiger partial charge in [-0.15, -0.1) is 0 Å². The highest BCUT2D eigenvalue weighted by molar-refractivity contribution is 9.10. The number of hydrogen-bond acceptors (Lipinski definition) is 3. The van der Waals surface area contributed by atoms with E-state index in [1.807, 2.05) is 12.1 Å². The van der Waals surface area contributed by atoms with Gasteiger partial charge >= 0.3 is 0 Å². The topological polar surface area (TPSA) is 46.1 Å². The van der Waals surface area contributed by atoms with Crippen molar-refractivity contribution in [1.82, 2.24) is 10.2 Å². The summed E-state index contributed by atoms with van der Waals surface area (Å²) in [5, 5.41) is 3.40. The highest BCUT2D eigenvalue weighted by atomic mass is 79.9. The molecule has 2 fully saturated rings. The average molecular weight is 428 g/mol. The highest BCUT2D eigenvalue weighted by Crippen LogP contribution is 2.21. The molecule has 5 nitrogen and oxygen atoms in total. The summed E-state index contributed by atoms with van der Waals surface area (Å²) in [7, 11) is 1.80. The molecule has 0 aromatic heterocycles. The predicted molar refractivity (Wildman–Crippen MR) is 104 cm³/mol. The minimum Gasteiger partial charge on any atom is -0.375 e. The molecule has 0 bridgehead atoms. The number of halogens is 2. The van der Waals surface area contributed by atoms with Gasteiger partial charge in [-0.3, -0.25) is 4.99 Å². The Morgan fingerprint density at radius 2 is 2.19 bits per heavy atom. The fraction of sp³-hybridized carbons (Fsp3) is 0.632. The van der Waals surface area contributed by atoms with E-state index in [1.54, 1.807) is 7.05 Å². The van der Waals surface area contributed by atoms with Gasteiger partial charge in [-0.2, -0.15) is 0 Å². The van der Waals surface area contributed by atoms with E-state index in [2.05, 4.69) is 31.1 Å². The summed E-state index contributed by atoms with van der Waals surface area (Å²) in [5.41, 5.74) is 0.745. The molecule has 2 saturated heterocycles. The third-order valence-electron chi connectivity index (χ3n) is 4.91. The number of aryl methyl sites for hydroxylation is 1. The molecule has 0 saturated carbocycles. The van der Waals surface area contributed by atoms with E-state index < -0.39 is 0 Å². The van der Waals surface area contributed by atoms with Gasteiger partial charge in [-0.1, -0.05) is 22.0 Å². The van der Waals surface area contributed by atoms with Crippen LogP contribution in [0.1, 0.15) is 24.8 Å². The summed E-state index contributed by atoms with van der Waals surface area (Å²) in [6, 6.07) is 5.23. The maximum atomic E-state index is 13.9. The monoisotopic (exact) mass is 427 g/mol. The van der Waals surface area contributed by atoms with Crippen LogP contribution in [0.25, 0.3) is 0 Å². The first-order valence-corrected chi connectivity index (χ1v) is 10.1. The van der Waals surface area contributed by atoms with Crippen molar-refractivity contribution in [1.29, 1.82) is 0 Å². The Kier molecular flexibility index (Phi) is 7.28. The van der Waals surface area contributed by atoms with E-state index in [0.717, 1.165) is 61.5 Å². The van der Waals surface area contributed by atoms with Crippen molar-refractivity contribution >= 4 is 21.9 Å². The van der Waals surface area contributed by atoms with Crippen molar-refractivity contribution in [3.05, 3.63) is 34.1 Å². The number of morpholine rings is 1. The molecule has 144 valence electrons.